The third-order valence-corrected chi connectivity index (χ3v) is 5.31. The van der Waals surface area contributed by atoms with E-state index >= 15 is 0 Å². The van der Waals surface area contributed by atoms with Crippen LogP contribution < -0.4 is 5.73 Å². The fourth-order valence-corrected chi connectivity index (χ4v) is 4.83. The van der Waals surface area contributed by atoms with E-state index in [4.69, 9.17) is 14.9 Å². The van der Waals surface area contributed by atoms with E-state index < -0.39 is 21.2 Å². The van der Waals surface area contributed by atoms with Crippen molar-refractivity contribution in [3.05, 3.63) is 17.6 Å². The molecule has 1 aromatic rings. The van der Waals surface area contributed by atoms with Crippen LogP contribution in [0.1, 0.15) is 39.2 Å². The van der Waals surface area contributed by atoms with Crippen LogP contribution >= 0.6 is 0 Å². The van der Waals surface area contributed by atoms with Gasteiger partial charge in [-0.15, -0.1) is 0 Å². The summed E-state index contributed by atoms with van der Waals surface area (Å²) >= 11 is 0. The van der Waals surface area contributed by atoms with E-state index in [9.17, 15) is 8.42 Å². The highest BCUT2D eigenvalue weighted by molar-refractivity contribution is 7.89. The van der Waals surface area contributed by atoms with Gasteiger partial charge in [0.25, 0.3) is 0 Å². The Labute approximate surface area is 126 Å². The van der Waals surface area contributed by atoms with Crippen molar-refractivity contribution in [2.75, 3.05) is 13.1 Å². The molecule has 2 rings (SSSR count). The van der Waals surface area contributed by atoms with Crippen LogP contribution in [0.2, 0.25) is 0 Å². The van der Waals surface area contributed by atoms with Crippen molar-refractivity contribution in [1.82, 2.24) is 4.31 Å². The zero-order valence-corrected chi connectivity index (χ0v) is 14.1. The van der Waals surface area contributed by atoms with Gasteiger partial charge in [-0.3, -0.25) is 0 Å². The molecule has 120 valence electrons. The van der Waals surface area contributed by atoms with Gasteiger partial charge in [0.2, 0.25) is 10.0 Å². The highest BCUT2D eigenvalue weighted by Gasteiger charge is 2.43. The minimum Gasteiger partial charge on any atom is -0.464 e. The molecule has 1 aliphatic rings. The summed E-state index contributed by atoms with van der Waals surface area (Å²) in [5.74, 6) is 0.843. The molecule has 2 N–H and O–H groups in total. The van der Waals surface area contributed by atoms with Gasteiger partial charge in [0, 0.05) is 19.2 Å². The Morgan fingerprint density at radius 3 is 2.19 bits per heavy atom. The molecule has 0 bridgehead atoms. The Hall–Kier alpha value is -0.890. The number of nitrogens with zero attached hydrogens (tertiary/aromatic N) is 1. The van der Waals surface area contributed by atoms with Crippen molar-refractivity contribution < 1.29 is 17.6 Å². The summed E-state index contributed by atoms with van der Waals surface area (Å²) < 4.78 is 38.5. The third-order valence-electron chi connectivity index (χ3n) is 3.41. The van der Waals surface area contributed by atoms with Crippen LogP contribution in [-0.4, -0.2) is 37.0 Å². The predicted octanol–water partition coefficient (Wildman–Crippen LogP) is 1.62. The average molecular weight is 316 g/mol. The number of hydrogen-bond donors (Lipinski definition) is 1. The van der Waals surface area contributed by atoms with Gasteiger partial charge in [0.1, 0.15) is 16.4 Å². The van der Waals surface area contributed by atoms with Crippen molar-refractivity contribution in [2.45, 2.75) is 57.3 Å². The molecule has 0 spiro atoms. The van der Waals surface area contributed by atoms with Crippen LogP contribution in [0.3, 0.4) is 0 Å². The SMILES string of the molecule is Cc1oc(CN)cc1S(=O)(=O)N1CC(C)(C)OC(C)(C)C1. The van der Waals surface area contributed by atoms with Crippen LogP contribution in [-0.2, 0) is 21.3 Å². The van der Waals surface area contributed by atoms with E-state index in [0.29, 0.717) is 24.6 Å². The van der Waals surface area contributed by atoms with E-state index in [0.717, 1.165) is 0 Å². The Bertz CT molecular complexity index is 615. The van der Waals surface area contributed by atoms with Crippen molar-refractivity contribution >= 4 is 10.0 Å². The molecule has 0 atom stereocenters. The van der Waals surface area contributed by atoms with Crippen LogP contribution in [0.25, 0.3) is 0 Å². The minimum atomic E-state index is -3.62. The summed E-state index contributed by atoms with van der Waals surface area (Å²) in [5.41, 5.74) is 4.44. The van der Waals surface area contributed by atoms with Crippen LogP contribution in [0.5, 0.6) is 0 Å². The zero-order chi connectivity index (χ0) is 16.1. The smallest absolute Gasteiger partial charge is 0.246 e. The number of furan rings is 1. The van der Waals surface area contributed by atoms with Crippen LogP contribution in [0.4, 0.5) is 0 Å². The minimum absolute atomic E-state index is 0.177. The molecule has 0 saturated carbocycles. The summed E-state index contributed by atoms with van der Waals surface area (Å²) in [6.07, 6.45) is 0. The molecule has 21 heavy (non-hydrogen) atoms. The quantitative estimate of drug-likeness (QED) is 0.916. The standard InChI is InChI=1S/C14H24N2O4S/c1-10-12(6-11(7-15)19-10)21(17,18)16-8-13(2,3)20-14(4,5)9-16/h6H,7-9,15H2,1-5H3. The van der Waals surface area contributed by atoms with Gasteiger partial charge in [0.15, 0.2) is 0 Å². The molecule has 1 fully saturated rings. The maximum absolute atomic E-state index is 12.9. The van der Waals surface area contributed by atoms with Crippen molar-refractivity contribution in [3.63, 3.8) is 0 Å². The van der Waals surface area contributed by atoms with E-state index in [2.05, 4.69) is 0 Å². The van der Waals surface area contributed by atoms with E-state index in [1.165, 1.54) is 10.4 Å². The number of morpholine rings is 1. The number of nitrogens with two attached hydrogens (primary N) is 1. The molecule has 6 nitrogen and oxygen atoms in total. The Morgan fingerprint density at radius 1 is 1.24 bits per heavy atom. The molecule has 0 unspecified atom stereocenters. The average Bonchev–Trinajstić information content (AvgIpc) is 2.67. The Morgan fingerprint density at radius 2 is 1.76 bits per heavy atom. The number of aryl methyl sites for hydroxylation is 1. The van der Waals surface area contributed by atoms with Gasteiger partial charge in [0.05, 0.1) is 17.7 Å². The van der Waals surface area contributed by atoms with E-state index in [-0.39, 0.29) is 11.4 Å². The molecule has 1 saturated heterocycles. The van der Waals surface area contributed by atoms with Gasteiger partial charge in [-0.2, -0.15) is 4.31 Å². The fourth-order valence-electron chi connectivity index (χ4n) is 2.91. The van der Waals surface area contributed by atoms with Gasteiger partial charge in [-0.1, -0.05) is 0 Å². The second kappa shape index (κ2) is 5.08. The first kappa shape index (κ1) is 16.5. The monoisotopic (exact) mass is 316 g/mol. The maximum Gasteiger partial charge on any atom is 0.246 e. The first-order valence-electron chi connectivity index (χ1n) is 6.97. The molecule has 0 radical (unpaired) electrons. The zero-order valence-electron chi connectivity index (χ0n) is 13.3. The number of rotatable bonds is 3. The topological polar surface area (TPSA) is 85.8 Å². The van der Waals surface area contributed by atoms with Gasteiger partial charge >= 0.3 is 0 Å². The van der Waals surface area contributed by atoms with E-state index in [1.807, 2.05) is 27.7 Å². The lowest BCUT2D eigenvalue weighted by Gasteiger charge is -2.46. The normalized spacial score (nSPS) is 22.4. The first-order chi connectivity index (χ1) is 9.47. The van der Waals surface area contributed by atoms with Crippen molar-refractivity contribution in [2.24, 2.45) is 5.73 Å². The Balaban J connectivity index is 2.41. The summed E-state index contributed by atoms with van der Waals surface area (Å²) in [4.78, 5) is 0.191. The lowest BCUT2D eigenvalue weighted by Crippen LogP contribution is -2.58. The molecule has 0 aromatic carbocycles. The lowest BCUT2D eigenvalue weighted by atomic mass is 10.0. The maximum atomic E-state index is 12.9. The van der Waals surface area contributed by atoms with Crippen molar-refractivity contribution in [3.8, 4) is 0 Å². The first-order valence-corrected chi connectivity index (χ1v) is 8.41. The predicted molar refractivity (Wildman–Crippen MR) is 79.3 cm³/mol. The fraction of sp³-hybridized carbons (Fsp3) is 0.714. The molecule has 0 aliphatic carbocycles. The summed E-state index contributed by atoms with van der Waals surface area (Å²) in [5, 5.41) is 0. The second-order valence-electron chi connectivity index (χ2n) is 6.73. The Kier molecular flexibility index (Phi) is 3.99. The molecule has 0 amide bonds. The third kappa shape index (κ3) is 3.31. The molecular formula is C14H24N2O4S. The molecule has 2 heterocycles. The number of hydrogen-bond acceptors (Lipinski definition) is 5. The summed E-state index contributed by atoms with van der Waals surface area (Å²) in [6, 6.07) is 1.51. The van der Waals surface area contributed by atoms with Gasteiger partial charge in [-0.05, 0) is 34.6 Å². The van der Waals surface area contributed by atoms with Gasteiger partial charge < -0.3 is 14.9 Å². The highest BCUT2D eigenvalue weighted by Crippen LogP contribution is 2.33. The highest BCUT2D eigenvalue weighted by atomic mass is 32.2. The van der Waals surface area contributed by atoms with E-state index in [1.54, 1.807) is 6.92 Å². The summed E-state index contributed by atoms with van der Waals surface area (Å²) in [6.45, 7) is 10.0. The van der Waals surface area contributed by atoms with Crippen LogP contribution in [0, 0.1) is 6.92 Å². The lowest BCUT2D eigenvalue weighted by molar-refractivity contribution is -0.163. The molecule has 1 aliphatic heterocycles. The second-order valence-corrected chi connectivity index (χ2v) is 8.64. The molecule has 1 aromatic heterocycles. The molecule has 7 heteroatoms. The number of ether oxygens (including phenoxy) is 1. The largest absolute Gasteiger partial charge is 0.464 e. The summed E-state index contributed by atoms with van der Waals surface area (Å²) in [7, 11) is -3.62. The number of sulfonamides is 1. The van der Waals surface area contributed by atoms with Crippen molar-refractivity contribution in [1.29, 1.82) is 0 Å². The van der Waals surface area contributed by atoms with Gasteiger partial charge in [-0.25, -0.2) is 8.42 Å². The van der Waals surface area contributed by atoms with Crippen LogP contribution in [0.15, 0.2) is 15.4 Å². The molecular weight excluding hydrogens is 292 g/mol.